The number of ether oxygens (including phenoxy) is 1. The van der Waals surface area contributed by atoms with E-state index in [9.17, 15) is 14.4 Å². The fraction of sp³-hybridized carbons (Fsp3) is 0.0500. The summed E-state index contributed by atoms with van der Waals surface area (Å²) in [7, 11) is 0. The third kappa shape index (κ3) is 4.21. The lowest BCUT2D eigenvalue weighted by Crippen LogP contribution is -2.00. The number of allylic oxidation sites excluding steroid dienone is 1. The van der Waals surface area contributed by atoms with Crippen molar-refractivity contribution in [3.05, 3.63) is 70.3 Å². The second-order valence-corrected chi connectivity index (χ2v) is 6.24. The molecule has 0 unspecified atom stereocenters. The Hall–Kier alpha value is -3.30. The number of hydrogen-bond acceptors (Lipinski definition) is 5. The van der Waals surface area contributed by atoms with Crippen molar-refractivity contribution in [2.45, 2.75) is 6.92 Å². The van der Waals surface area contributed by atoms with E-state index in [2.05, 4.69) is 11.1 Å². The van der Waals surface area contributed by atoms with Crippen LogP contribution in [0.1, 0.15) is 17.5 Å². The van der Waals surface area contributed by atoms with Gasteiger partial charge in [-0.1, -0.05) is 12.1 Å². The highest BCUT2D eigenvalue weighted by Gasteiger charge is 2.09. The van der Waals surface area contributed by atoms with E-state index < -0.39 is 0 Å². The Morgan fingerprint density at radius 2 is 1.88 bits per heavy atom. The molecule has 6 heteroatoms. The predicted octanol–water partition coefficient (Wildman–Crippen LogP) is 4.94. The van der Waals surface area contributed by atoms with Crippen molar-refractivity contribution in [3.63, 3.8) is 0 Å². The second-order valence-electron chi connectivity index (χ2n) is 5.38. The van der Waals surface area contributed by atoms with Gasteiger partial charge in [0.05, 0.1) is 11.3 Å². The SMILES string of the molecule is CC(=O)Oc1ccc(C=C(C#N)c2nc(-c3ccc(F)cc3)cs2)cc1. The number of halogens is 1. The van der Waals surface area contributed by atoms with Gasteiger partial charge < -0.3 is 4.74 Å². The first-order valence-electron chi connectivity index (χ1n) is 7.67. The Labute approximate surface area is 153 Å². The summed E-state index contributed by atoms with van der Waals surface area (Å²) in [6, 6.07) is 15.0. The molecule has 0 bridgehead atoms. The zero-order valence-corrected chi connectivity index (χ0v) is 14.6. The fourth-order valence-electron chi connectivity index (χ4n) is 2.26. The van der Waals surface area contributed by atoms with Gasteiger partial charge in [-0.05, 0) is 48.0 Å². The molecule has 0 atom stereocenters. The van der Waals surface area contributed by atoms with Crippen LogP contribution in [0.15, 0.2) is 53.9 Å². The molecule has 1 aromatic heterocycles. The van der Waals surface area contributed by atoms with Crippen LogP contribution in [-0.2, 0) is 4.79 Å². The average molecular weight is 364 g/mol. The summed E-state index contributed by atoms with van der Waals surface area (Å²) in [6.45, 7) is 1.34. The standard InChI is InChI=1S/C20H13FN2O2S/c1-13(24)25-18-8-2-14(3-9-18)10-16(11-22)20-23-19(12-26-20)15-4-6-17(21)7-5-15/h2-10,12H,1H3. The maximum absolute atomic E-state index is 13.0. The summed E-state index contributed by atoms with van der Waals surface area (Å²) in [5.41, 5.74) is 2.69. The van der Waals surface area contributed by atoms with E-state index >= 15 is 0 Å². The van der Waals surface area contributed by atoms with Crippen LogP contribution in [0, 0.1) is 17.1 Å². The highest BCUT2D eigenvalue weighted by molar-refractivity contribution is 7.11. The molecule has 0 aliphatic carbocycles. The highest BCUT2D eigenvalue weighted by atomic mass is 32.1. The molecule has 0 fully saturated rings. The molecule has 26 heavy (non-hydrogen) atoms. The number of hydrogen-bond donors (Lipinski definition) is 0. The molecule has 0 N–H and O–H groups in total. The second kappa shape index (κ2) is 7.72. The van der Waals surface area contributed by atoms with Gasteiger partial charge in [-0.25, -0.2) is 9.37 Å². The van der Waals surface area contributed by atoms with Crippen LogP contribution < -0.4 is 4.74 Å². The van der Waals surface area contributed by atoms with E-state index in [4.69, 9.17) is 4.74 Å². The van der Waals surface area contributed by atoms with Gasteiger partial charge in [0.25, 0.3) is 0 Å². The normalized spacial score (nSPS) is 11.0. The molecular weight excluding hydrogens is 351 g/mol. The zero-order valence-electron chi connectivity index (χ0n) is 13.8. The first-order valence-corrected chi connectivity index (χ1v) is 8.55. The molecule has 0 aliphatic heterocycles. The molecule has 3 aromatic rings. The molecule has 0 aliphatic rings. The van der Waals surface area contributed by atoms with E-state index in [1.165, 1.54) is 30.4 Å². The number of aromatic nitrogens is 1. The van der Waals surface area contributed by atoms with Gasteiger partial charge in [0, 0.05) is 17.9 Å². The maximum atomic E-state index is 13.0. The van der Waals surface area contributed by atoms with Crippen molar-refractivity contribution in [3.8, 4) is 23.1 Å². The van der Waals surface area contributed by atoms with Crippen LogP contribution in [-0.4, -0.2) is 11.0 Å². The summed E-state index contributed by atoms with van der Waals surface area (Å²) in [6.07, 6.45) is 1.71. The van der Waals surface area contributed by atoms with Crippen LogP contribution in [0.3, 0.4) is 0 Å². The molecular formula is C20H13FN2O2S. The molecule has 0 saturated heterocycles. The van der Waals surface area contributed by atoms with Gasteiger partial charge in [0.1, 0.15) is 22.6 Å². The van der Waals surface area contributed by atoms with E-state index in [0.29, 0.717) is 22.0 Å². The molecule has 0 amide bonds. The number of benzene rings is 2. The average Bonchev–Trinajstić information content (AvgIpc) is 3.11. The number of esters is 1. The van der Waals surface area contributed by atoms with Gasteiger partial charge in [-0.3, -0.25) is 4.79 Å². The smallest absolute Gasteiger partial charge is 0.308 e. The van der Waals surface area contributed by atoms with Crippen molar-refractivity contribution in [1.29, 1.82) is 5.26 Å². The lowest BCUT2D eigenvalue weighted by molar-refractivity contribution is -0.131. The van der Waals surface area contributed by atoms with E-state index in [1.54, 1.807) is 42.5 Å². The minimum absolute atomic E-state index is 0.306. The molecule has 4 nitrogen and oxygen atoms in total. The van der Waals surface area contributed by atoms with Crippen LogP contribution in [0.4, 0.5) is 4.39 Å². The fourth-order valence-corrected chi connectivity index (χ4v) is 3.05. The number of nitriles is 1. The molecule has 1 heterocycles. The van der Waals surface area contributed by atoms with Crippen molar-refractivity contribution in [1.82, 2.24) is 4.98 Å². The molecule has 0 radical (unpaired) electrons. The van der Waals surface area contributed by atoms with E-state index in [1.807, 2.05) is 5.38 Å². The largest absolute Gasteiger partial charge is 0.427 e. The van der Waals surface area contributed by atoms with Crippen LogP contribution in [0.5, 0.6) is 5.75 Å². The minimum atomic E-state index is -0.387. The van der Waals surface area contributed by atoms with Crippen molar-refractivity contribution >= 4 is 29.0 Å². The van der Waals surface area contributed by atoms with E-state index in [0.717, 1.165) is 11.1 Å². The predicted molar refractivity (Wildman–Crippen MR) is 98.7 cm³/mol. The first kappa shape index (κ1) is 17.5. The van der Waals surface area contributed by atoms with E-state index in [-0.39, 0.29) is 11.8 Å². The number of carbonyl (C=O) groups is 1. The lowest BCUT2D eigenvalue weighted by Gasteiger charge is -2.01. The molecule has 0 spiro atoms. The van der Waals surface area contributed by atoms with Gasteiger partial charge in [-0.2, -0.15) is 5.26 Å². The lowest BCUT2D eigenvalue weighted by atomic mass is 10.1. The monoisotopic (exact) mass is 364 g/mol. The van der Waals surface area contributed by atoms with Gasteiger partial charge in [-0.15, -0.1) is 11.3 Å². The zero-order chi connectivity index (χ0) is 18.5. The maximum Gasteiger partial charge on any atom is 0.308 e. The number of thiazole rings is 1. The Morgan fingerprint density at radius 3 is 2.50 bits per heavy atom. The van der Waals surface area contributed by atoms with Gasteiger partial charge in [0.15, 0.2) is 0 Å². The van der Waals surface area contributed by atoms with Crippen molar-refractivity contribution in [2.75, 3.05) is 0 Å². The summed E-state index contributed by atoms with van der Waals surface area (Å²) in [5, 5.41) is 11.9. The van der Waals surface area contributed by atoms with Crippen molar-refractivity contribution < 1.29 is 13.9 Å². The minimum Gasteiger partial charge on any atom is -0.427 e. The summed E-state index contributed by atoms with van der Waals surface area (Å²) >= 11 is 1.35. The third-order valence-electron chi connectivity index (χ3n) is 3.45. The summed E-state index contributed by atoms with van der Waals surface area (Å²) < 4.78 is 18.0. The van der Waals surface area contributed by atoms with Crippen LogP contribution >= 0.6 is 11.3 Å². The highest BCUT2D eigenvalue weighted by Crippen LogP contribution is 2.27. The topological polar surface area (TPSA) is 63.0 Å². The van der Waals surface area contributed by atoms with Crippen LogP contribution in [0.2, 0.25) is 0 Å². The molecule has 128 valence electrons. The van der Waals surface area contributed by atoms with Gasteiger partial charge >= 0.3 is 5.97 Å². The Kier molecular flexibility index (Phi) is 5.20. The first-order chi connectivity index (χ1) is 12.5. The third-order valence-corrected chi connectivity index (χ3v) is 4.32. The summed E-state index contributed by atoms with van der Waals surface area (Å²) in [5.74, 6) is -0.248. The molecule has 2 aromatic carbocycles. The van der Waals surface area contributed by atoms with Gasteiger partial charge in [0.2, 0.25) is 0 Å². The number of nitrogens with zero attached hydrogens (tertiary/aromatic N) is 2. The number of carbonyl (C=O) groups excluding carboxylic acids is 1. The Balaban J connectivity index is 1.85. The number of rotatable bonds is 4. The Morgan fingerprint density at radius 1 is 1.19 bits per heavy atom. The quantitative estimate of drug-likeness (QED) is 0.374. The Bertz CT molecular complexity index is 1000. The molecule has 0 saturated carbocycles. The van der Waals surface area contributed by atoms with Crippen LogP contribution in [0.25, 0.3) is 22.9 Å². The van der Waals surface area contributed by atoms with Crippen molar-refractivity contribution in [2.24, 2.45) is 0 Å². The summed E-state index contributed by atoms with van der Waals surface area (Å²) in [4.78, 5) is 15.4. The molecule has 3 rings (SSSR count).